The molecule has 164 valence electrons. The van der Waals surface area contributed by atoms with Crippen LogP contribution in [-0.4, -0.2) is 43.3 Å². The Hall–Kier alpha value is -2.67. The molecule has 0 fully saturated rings. The van der Waals surface area contributed by atoms with Crippen LogP contribution in [0.5, 0.6) is 0 Å². The molecular weight excluding hydrogens is 462 g/mol. The molecule has 0 saturated heterocycles. The summed E-state index contributed by atoms with van der Waals surface area (Å²) < 4.78 is 31.6. The number of amides is 1. The third kappa shape index (κ3) is 5.73. The Morgan fingerprint density at radius 1 is 1.29 bits per heavy atom. The van der Waals surface area contributed by atoms with Gasteiger partial charge in [-0.25, -0.2) is 8.42 Å². The lowest BCUT2D eigenvalue weighted by molar-refractivity contribution is -0.380. The molecule has 2 heterocycles. The zero-order valence-electron chi connectivity index (χ0n) is 16.7. The first-order chi connectivity index (χ1) is 14.7. The number of benzene rings is 1. The minimum Gasteiger partial charge on any atom is -0.380 e. The van der Waals surface area contributed by atoms with Crippen molar-refractivity contribution in [2.24, 2.45) is 4.99 Å². The summed E-state index contributed by atoms with van der Waals surface area (Å²) in [6.45, 7) is 3.27. The third-order valence-electron chi connectivity index (χ3n) is 4.13. The van der Waals surface area contributed by atoms with Crippen LogP contribution >= 0.6 is 22.7 Å². The zero-order valence-corrected chi connectivity index (χ0v) is 19.1. The summed E-state index contributed by atoms with van der Waals surface area (Å²) in [4.78, 5) is 28.0. The van der Waals surface area contributed by atoms with Gasteiger partial charge >= 0.3 is 5.00 Å². The summed E-state index contributed by atoms with van der Waals surface area (Å²) in [7, 11) is -3.37. The minimum atomic E-state index is -3.37. The Morgan fingerprint density at radius 2 is 2.06 bits per heavy atom. The number of fused-ring (bicyclic) bond motifs is 1. The smallest absolute Gasteiger partial charge is 0.324 e. The van der Waals surface area contributed by atoms with E-state index in [1.807, 2.05) is 11.5 Å². The van der Waals surface area contributed by atoms with Gasteiger partial charge in [-0.15, -0.1) is 0 Å². The highest BCUT2D eigenvalue weighted by molar-refractivity contribution is 7.90. The van der Waals surface area contributed by atoms with Crippen LogP contribution in [0.1, 0.15) is 11.8 Å². The van der Waals surface area contributed by atoms with Gasteiger partial charge in [0, 0.05) is 36.4 Å². The molecule has 3 rings (SSSR count). The SMILES string of the molecule is CCOCCn1c(=NC(=O)/C=C\c2ccc([N+](=O)[O-])s2)sc2cc(S(C)(=O)=O)ccc21. The number of carbonyl (C=O) groups excluding carboxylic acids is 1. The van der Waals surface area contributed by atoms with Crippen LogP contribution in [0.25, 0.3) is 16.3 Å². The first kappa shape index (κ1) is 23.0. The van der Waals surface area contributed by atoms with E-state index in [1.165, 1.54) is 35.6 Å². The number of nitrogens with zero attached hydrogens (tertiary/aromatic N) is 3. The van der Waals surface area contributed by atoms with Crippen molar-refractivity contribution >= 4 is 59.7 Å². The molecule has 0 radical (unpaired) electrons. The first-order valence-electron chi connectivity index (χ1n) is 9.11. The highest BCUT2D eigenvalue weighted by Gasteiger charge is 2.13. The molecule has 0 N–H and O–H groups in total. The molecule has 31 heavy (non-hydrogen) atoms. The lowest BCUT2D eigenvalue weighted by Crippen LogP contribution is -2.19. The summed E-state index contributed by atoms with van der Waals surface area (Å²) in [5.41, 5.74) is 0.751. The Bertz CT molecular complexity index is 1330. The molecule has 0 aliphatic carbocycles. The fourth-order valence-electron chi connectivity index (χ4n) is 2.70. The number of hydrogen-bond acceptors (Lipinski definition) is 8. The summed E-state index contributed by atoms with van der Waals surface area (Å²) >= 11 is 2.16. The number of aromatic nitrogens is 1. The molecule has 0 bridgehead atoms. The molecule has 3 aromatic rings. The molecule has 0 atom stereocenters. The maximum Gasteiger partial charge on any atom is 0.324 e. The van der Waals surface area contributed by atoms with Crippen LogP contribution in [0.3, 0.4) is 0 Å². The Balaban J connectivity index is 1.97. The second kappa shape index (κ2) is 9.64. The number of sulfone groups is 1. The van der Waals surface area contributed by atoms with E-state index in [0.717, 1.165) is 23.1 Å². The van der Waals surface area contributed by atoms with Gasteiger partial charge in [0.05, 0.1) is 26.6 Å². The average Bonchev–Trinajstić information content (AvgIpc) is 3.30. The maximum atomic E-state index is 12.4. The van der Waals surface area contributed by atoms with E-state index >= 15 is 0 Å². The van der Waals surface area contributed by atoms with Crippen molar-refractivity contribution in [2.45, 2.75) is 18.4 Å². The van der Waals surface area contributed by atoms with Gasteiger partial charge in [-0.3, -0.25) is 14.9 Å². The van der Waals surface area contributed by atoms with Gasteiger partial charge in [0.2, 0.25) is 0 Å². The van der Waals surface area contributed by atoms with Gasteiger partial charge < -0.3 is 9.30 Å². The summed E-state index contributed by atoms with van der Waals surface area (Å²) in [5, 5.41) is 10.8. The number of thiazole rings is 1. The van der Waals surface area contributed by atoms with Crippen molar-refractivity contribution in [1.82, 2.24) is 4.57 Å². The number of thiophene rings is 1. The van der Waals surface area contributed by atoms with Crippen molar-refractivity contribution in [3.63, 3.8) is 0 Å². The molecule has 0 spiro atoms. The number of ether oxygens (including phenoxy) is 1. The van der Waals surface area contributed by atoms with E-state index in [-0.39, 0.29) is 9.90 Å². The lowest BCUT2D eigenvalue weighted by Gasteiger charge is -2.05. The number of carbonyl (C=O) groups is 1. The van der Waals surface area contributed by atoms with Crippen LogP contribution in [-0.2, 0) is 25.9 Å². The van der Waals surface area contributed by atoms with E-state index < -0.39 is 20.7 Å². The molecule has 0 aliphatic rings. The Morgan fingerprint density at radius 3 is 2.71 bits per heavy atom. The Labute approximate surface area is 186 Å². The molecular formula is C19H19N3O6S3. The van der Waals surface area contributed by atoms with Gasteiger partial charge in [-0.2, -0.15) is 4.99 Å². The van der Waals surface area contributed by atoms with E-state index in [9.17, 15) is 23.3 Å². The van der Waals surface area contributed by atoms with E-state index in [1.54, 1.807) is 18.2 Å². The van der Waals surface area contributed by atoms with Gasteiger partial charge in [-0.05, 0) is 37.3 Å². The van der Waals surface area contributed by atoms with Crippen LogP contribution in [0.4, 0.5) is 5.00 Å². The maximum absolute atomic E-state index is 12.4. The molecule has 2 aromatic heterocycles. The summed E-state index contributed by atoms with van der Waals surface area (Å²) in [6, 6.07) is 7.71. The van der Waals surface area contributed by atoms with Crippen molar-refractivity contribution in [1.29, 1.82) is 0 Å². The fraction of sp³-hybridized carbons (Fsp3) is 0.263. The van der Waals surface area contributed by atoms with Crippen LogP contribution in [0, 0.1) is 10.1 Å². The van der Waals surface area contributed by atoms with Gasteiger partial charge in [0.15, 0.2) is 14.6 Å². The molecule has 0 aliphatic heterocycles. The minimum absolute atomic E-state index is 0.0102. The molecule has 1 amide bonds. The van der Waals surface area contributed by atoms with E-state index in [2.05, 4.69) is 4.99 Å². The van der Waals surface area contributed by atoms with Gasteiger partial charge in [-0.1, -0.05) is 22.7 Å². The third-order valence-corrected chi connectivity index (χ3v) is 7.29. The largest absolute Gasteiger partial charge is 0.380 e. The molecule has 0 saturated carbocycles. The summed E-state index contributed by atoms with van der Waals surface area (Å²) in [5.74, 6) is -0.531. The van der Waals surface area contributed by atoms with Crippen molar-refractivity contribution in [3.8, 4) is 0 Å². The monoisotopic (exact) mass is 481 g/mol. The quantitative estimate of drug-likeness (QED) is 0.211. The van der Waals surface area contributed by atoms with Gasteiger partial charge in [0.1, 0.15) is 0 Å². The van der Waals surface area contributed by atoms with Crippen molar-refractivity contribution < 1.29 is 22.9 Å². The second-order valence-corrected chi connectivity index (χ2v) is 10.5. The highest BCUT2D eigenvalue weighted by Crippen LogP contribution is 2.25. The predicted molar refractivity (Wildman–Crippen MR) is 120 cm³/mol. The molecule has 0 unspecified atom stereocenters. The topological polar surface area (TPSA) is 121 Å². The molecule has 1 aromatic carbocycles. The van der Waals surface area contributed by atoms with Crippen molar-refractivity contribution in [3.05, 3.63) is 56.2 Å². The number of rotatable bonds is 8. The lowest BCUT2D eigenvalue weighted by atomic mass is 10.3. The van der Waals surface area contributed by atoms with Crippen LogP contribution < -0.4 is 4.80 Å². The average molecular weight is 482 g/mol. The summed E-state index contributed by atoms with van der Waals surface area (Å²) in [6.07, 6.45) is 3.86. The fourth-order valence-corrected chi connectivity index (χ4v) is 5.25. The molecule has 12 heteroatoms. The van der Waals surface area contributed by atoms with Gasteiger partial charge in [0.25, 0.3) is 5.91 Å². The second-order valence-electron chi connectivity index (χ2n) is 6.35. The predicted octanol–water partition coefficient (Wildman–Crippen LogP) is 3.25. The normalized spacial score (nSPS) is 12.8. The van der Waals surface area contributed by atoms with Crippen LogP contribution in [0.15, 0.2) is 46.3 Å². The van der Waals surface area contributed by atoms with Crippen molar-refractivity contribution in [2.75, 3.05) is 19.5 Å². The van der Waals surface area contributed by atoms with Crippen LogP contribution in [0.2, 0.25) is 0 Å². The highest BCUT2D eigenvalue weighted by atomic mass is 32.2. The first-order valence-corrected chi connectivity index (χ1v) is 12.6. The number of nitro groups is 1. The standard InChI is InChI=1S/C19H19N3O6S3/c1-3-28-11-10-21-15-7-6-14(31(2,26)27)12-16(15)30-19(21)20-17(23)8-4-13-5-9-18(29-13)22(24)25/h4-9,12H,3,10-11H2,1-2H3/b8-4-,20-19?. The zero-order chi connectivity index (χ0) is 22.6. The Kier molecular flexibility index (Phi) is 7.15. The van der Waals surface area contributed by atoms with E-state index in [4.69, 9.17) is 4.74 Å². The van der Waals surface area contributed by atoms with E-state index in [0.29, 0.717) is 34.1 Å². The molecule has 9 nitrogen and oxygen atoms in total. The number of hydrogen-bond donors (Lipinski definition) is 0.